The molecular weight excluding hydrogens is 294 g/mol. The number of nitrogens with zero attached hydrogens (tertiary/aromatic N) is 1. The lowest BCUT2D eigenvalue weighted by Gasteiger charge is -2.30. The summed E-state index contributed by atoms with van der Waals surface area (Å²) in [6.45, 7) is 1.92. The van der Waals surface area contributed by atoms with Gasteiger partial charge in [0.15, 0.2) is 0 Å². The molecule has 5 heteroatoms. The fourth-order valence-corrected chi connectivity index (χ4v) is 2.59. The standard InChI is InChI=1S/C16H17ClF2N2/c1-10(12-5-3-4-6-14(12)17)21(2)15-8-7-11(20)9-13(15)16(18)19/h3-10,16H,20H2,1-2H3. The Labute approximate surface area is 128 Å². The molecule has 0 saturated heterocycles. The van der Waals surface area contributed by atoms with E-state index in [9.17, 15) is 8.78 Å². The lowest BCUT2D eigenvalue weighted by Crippen LogP contribution is -2.23. The SMILES string of the molecule is CC(c1ccccc1Cl)N(C)c1ccc(N)cc1C(F)F. The number of hydrogen-bond donors (Lipinski definition) is 1. The third-order valence-corrected chi connectivity index (χ3v) is 3.95. The van der Waals surface area contributed by atoms with Crippen LogP contribution in [0.3, 0.4) is 0 Å². The molecule has 1 unspecified atom stereocenters. The first-order chi connectivity index (χ1) is 9.91. The zero-order valence-corrected chi connectivity index (χ0v) is 12.6. The molecule has 0 aliphatic carbocycles. The highest BCUT2D eigenvalue weighted by Gasteiger charge is 2.21. The van der Waals surface area contributed by atoms with Crippen LogP contribution in [0.4, 0.5) is 20.2 Å². The smallest absolute Gasteiger partial charge is 0.265 e. The van der Waals surface area contributed by atoms with Crippen molar-refractivity contribution in [2.75, 3.05) is 17.7 Å². The topological polar surface area (TPSA) is 29.3 Å². The molecule has 2 nitrogen and oxygen atoms in total. The second kappa shape index (κ2) is 6.31. The van der Waals surface area contributed by atoms with Gasteiger partial charge in [-0.2, -0.15) is 0 Å². The third kappa shape index (κ3) is 3.27. The van der Waals surface area contributed by atoms with Crippen LogP contribution in [0.15, 0.2) is 42.5 Å². The van der Waals surface area contributed by atoms with Gasteiger partial charge in [-0.15, -0.1) is 0 Å². The Morgan fingerprint density at radius 2 is 1.76 bits per heavy atom. The highest BCUT2D eigenvalue weighted by Crippen LogP contribution is 2.36. The first-order valence-electron chi connectivity index (χ1n) is 6.56. The summed E-state index contributed by atoms with van der Waals surface area (Å²) in [5.41, 5.74) is 7.20. The highest BCUT2D eigenvalue weighted by molar-refractivity contribution is 6.31. The van der Waals surface area contributed by atoms with Gasteiger partial charge >= 0.3 is 0 Å². The maximum Gasteiger partial charge on any atom is 0.265 e. The molecule has 0 bridgehead atoms. The maximum absolute atomic E-state index is 13.2. The second-order valence-corrected chi connectivity index (χ2v) is 5.33. The summed E-state index contributed by atoms with van der Waals surface area (Å²) >= 11 is 6.18. The maximum atomic E-state index is 13.2. The van der Waals surface area contributed by atoms with Crippen LogP contribution in [0.2, 0.25) is 5.02 Å². The molecular formula is C16H17ClF2N2. The average molecular weight is 311 g/mol. The molecule has 2 rings (SSSR count). The van der Waals surface area contributed by atoms with Gasteiger partial charge in [0.25, 0.3) is 6.43 Å². The first-order valence-corrected chi connectivity index (χ1v) is 6.94. The van der Waals surface area contributed by atoms with Gasteiger partial charge in [-0.3, -0.25) is 0 Å². The van der Waals surface area contributed by atoms with E-state index in [2.05, 4.69) is 0 Å². The number of nitrogens with two attached hydrogens (primary N) is 1. The molecule has 1 atom stereocenters. The van der Waals surface area contributed by atoms with Crippen molar-refractivity contribution in [3.8, 4) is 0 Å². The van der Waals surface area contributed by atoms with Crippen molar-refractivity contribution in [2.45, 2.75) is 19.4 Å². The van der Waals surface area contributed by atoms with Gasteiger partial charge in [-0.05, 0) is 36.8 Å². The lowest BCUT2D eigenvalue weighted by atomic mass is 10.0. The van der Waals surface area contributed by atoms with Gasteiger partial charge < -0.3 is 10.6 Å². The summed E-state index contributed by atoms with van der Waals surface area (Å²) in [7, 11) is 1.77. The molecule has 0 aliphatic rings. The first kappa shape index (κ1) is 15.6. The third-order valence-electron chi connectivity index (χ3n) is 3.60. The van der Waals surface area contributed by atoms with Crippen LogP contribution in [0.1, 0.15) is 30.5 Å². The predicted molar refractivity (Wildman–Crippen MR) is 84.1 cm³/mol. The van der Waals surface area contributed by atoms with Crippen molar-refractivity contribution < 1.29 is 8.78 Å². The van der Waals surface area contributed by atoms with Gasteiger partial charge in [0.05, 0.1) is 6.04 Å². The molecule has 2 aromatic carbocycles. The Morgan fingerprint density at radius 3 is 2.38 bits per heavy atom. The molecule has 2 N–H and O–H groups in total. The molecule has 0 saturated carbocycles. The Bertz CT molecular complexity index is 631. The second-order valence-electron chi connectivity index (χ2n) is 4.93. The van der Waals surface area contributed by atoms with Gasteiger partial charge in [0.2, 0.25) is 0 Å². The number of rotatable bonds is 4. The molecule has 0 fully saturated rings. The molecule has 0 radical (unpaired) electrons. The monoisotopic (exact) mass is 310 g/mol. The minimum Gasteiger partial charge on any atom is -0.399 e. The summed E-state index contributed by atoms with van der Waals surface area (Å²) in [4.78, 5) is 1.78. The fraction of sp³-hybridized carbons (Fsp3) is 0.250. The van der Waals surface area contributed by atoms with Crippen molar-refractivity contribution in [2.24, 2.45) is 0 Å². The van der Waals surface area contributed by atoms with E-state index >= 15 is 0 Å². The van der Waals surface area contributed by atoms with E-state index < -0.39 is 6.43 Å². The molecule has 2 aromatic rings. The van der Waals surface area contributed by atoms with E-state index in [1.165, 1.54) is 6.07 Å². The van der Waals surface area contributed by atoms with Crippen LogP contribution in [0.5, 0.6) is 0 Å². The number of halogens is 3. The zero-order chi connectivity index (χ0) is 15.6. The van der Waals surface area contributed by atoms with Crippen LogP contribution in [-0.4, -0.2) is 7.05 Å². The quantitative estimate of drug-likeness (QED) is 0.800. The summed E-state index contributed by atoms with van der Waals surface area (Å²) in [5.74, 6) is 0. The molecule has 0 aromatic heterocycles. The normalized spacial score (nSPS) is 12.5. The van der Waals surface area contributed by atoms with Crippen LogP contribution < -0.4 is 10.6 Å². The van der Waals surface area contributed by atoms with Crippen molar-refractivity contribution >= 4 is 23.0 Å². The van der Waals surface area contributed by atoms with Crippen LogP contribution in [0, 0.1) is 0 Å². The van der Waals surface area contributed by atoms with Gasteiger partial charge in [0.1, 0.15) is 0 Å². The minimum absolute atomic E-state index is 0.0728. The number of hydrogen-bond acceptors (Lipinski definition) is 2. The number of alkyl halides is 2. The van der Waals surface area contributed by atoms with Crippen molar-refractivity contribution in [3.05, 3.63) is 58.6 Å². The lowest BCUT2D eigenvalue weighted by molar-refractivity contribution is 0.152. The summed E-state index contributed by atoms with van der Waals surface area (Å²) in [6, 6.07) is 11.8. The molecule has 0 heterocycles. The highest BCUT2D eigenvalue weighted by atomic mass is 35.5. The van der Waals surface area contributed by atoms with E-state index in [1.54, 1.807) is 30.1 Å². The van der Waals surface area contributed by atoms with Gasteiger partial charge in [-0.25, -0.2) is 8.78 Å². The van der Waals surface area contributed by atoms with E-state index in [4.69, 9.17) is 17.3 Å². The van der Waals surface area contributed by atoms with Gasteiger partial charge in [0, 0.05) is 29.0 Å². The Morgan fingerprint density at radius 1 is 1.10 bits per heavy atom. The largest absolute Gasteiger partial charge is 0.399 e. The minimum atomic E-state index is -2.58. The number of benzene rings is 2. The molecule has 112 valence electrons. The van der Waals surface area contributed by atoms with Gasteiger partial charge in [-0.1, -0.05) is 29.8 Å². The Hall–Kier alpha value is -1.81. The fourth-order valence-electron chi connectivity index (χ4n) is 2.30. The van der Waals surface area contributed by atoms with Crippen LogP contribution in [-0.2, 0) is 0 Å². The van der Waals surface area contributed by atoms with Crippen LogP contribution in [0.25, 0.3) is 0 Å². The van der Waals surface area contributed by atoms with Crippen molar-refractivity contribution in [3.63, 3.8) is 0 Å². The Kier molecular flexibility index (Phi) is 4.68. The molecule has 21 heavy (non-hydrogen) atoms. The van der Waals surface area contributed by atoms with Crippen LogP contribution >= 0.6 is 11.6 Å². The van der Waals surface area contributed by atoms with E-state index in [-0.39, 0.29) is 11.6 Å². The predicted octanol–water partition coefficient (Wildman–Crippen LogP) is 5.06. The average Bonchev–Trinajstić information content (AvgIpc) is 2.46. The summed E-state index contributed by atoms with van der Waals surface area (Å²) in [5, 5.41) is 0.617. The molecule has 0 amide bonds. The van der Waals surface area contributed by atoms with E-state index in [0.717, 1.165) is 5.56 Å². The number of nitrogen functional groups attached to an aromatic ring is 1. The molecule has 0 spiro atoms. The summed E-state index contributed by atoms with van der Waals surface area (Å²) in [6.07, 6.45) is -2.58. The zero-order valence-electron chi connectivity index (χ0n) is 11.9. The summed E-state index contributed by atoms with van der Waals surface area (Å²) < 4.78 is 26.4. The Balaban J connectivity index is 2.40. The number of anilines is 2. The van der Waals surface area contributed by atoms with Crippen molar-refractivity contribution in [1.82, 2.24) is 0 Å². The van der Waals surface area contributed by atoms with E-state index in [0.29, 0.717) is 16.4 Å². The van der Waals surface area contributed by atoms with Crippen molar-refractivity contribution in [1.29, 1.82) is 0 Å². The molecule has 0 aliphatic heterocycles. The van der Waals surface area contributed by atoms with E-state index in [1.807, 2.05) is 25.1 Å².